The van der Waals surface area contributed by atoms with Crippen molar-refractivity contribution < 1.29 is 14.0 Å². The Balaban J connectivity index is 1.75. The molecule has 142 valence electrons. The molecule has 0 radical (unpaired) electrons. The largest absolute Gasteiger partial charge is 0.338 e. The van der Waals surface area contributed by atoms with Crippen molar-refractivity contribution in [3.63, 3.8) is 0 Å². The van der Waals surface area contributed by atoms with Crippen molar-refractivity contribution in [1.82, 2.24) is 10.2 Å². The van der Waals surface area contributed by atoms with Gasteiger partial charge in [-0.05, 0) is 62.7 Å². The van der Waals surface area contributed by atoms with Gasteiger partial charge in [-0.1, -0.05) is 18.2 Å². The van der Waals surface area contributed by atoms with E-state index in [0.717, 1.165) is 31.6 Å². The first kappa shape index (κ1) is 19.0. The minimum absolute atomic E-state index is 0.0249. The average Bonchev–Trinajstić information content (AvgIpc) is 3.12. The van der Waals surface area contributed by atoms with Crippen LogP contribution < -0.4 is 10.6 Å². The first-order valence-corrected chi connectivity index (χ1v) is 9.10. The predicted molar refractivity (Wildman–Crippen MR) is 103 cm³/mol. The summed E-state index contributed by atoms with van der Waals surface area (Å²) in [6.07, 6.45) is 0.981. The van der Waals surface area contributed by atoms with Crippen molar-refractivity contribution in [2.75, 3.05) is 32.0 Å². The van der Waals surface area contributed by atoms with E-state index in [-0.39, 0.29) is 11.5 Å². The summed E-state index contributed by atoms with van der Waals surface area (Å²) in [5.74, 6) is -0.691. The summed E-state index contributed by atoms with van der Waals surface area (Å²) in [5.41, 5.74) is 1.82. The Hall–Kier alpha value is -2.73. The zero-order valence-electron chi connectivity index (χ0n) is 15.6. The molecule has 0 aliphatic carbocycles. The second kappa shape index (κ2) is 8.31. The third-order valence-electron chi connectivity index (χ3n) is 4.92. The van der Waals surface area contributed by atoms with Crippen molar-refractivity contribution >= 4 is 17.5 Å². The van der Waals surface area contributed by atoms with Crippen LogP contribution in [0.15, 0.2) is 42.5 Å². The number of hydrogen-bond acceptors (Lipinski definition) is 3. The number of nitrogens with zero attached hydrogens (tertiary/aromatic N) is 1. The maximum atomic E-state index is 13.8. The molecule has 5 nitrogen and oxygen atoms in total. The smallest absolute Gasteiger partial charge is 0.258 e. The predicted octanol–water partition coefficient (Wildman–Crippen LogP) is 3.07. The zero-order chi connectivity index (χ0) is 19.4. The maximum Gasteiger partial charge on any atom is 0.258 e. The summed E-state index contributed by atoms with van der Waals surface area (Å²) < 4.78 is 13.8. The van der Waals surface area contributed by atoms with Gasteiger partial charge in [0, 0.05) is 24.3 Å². The van der Waals surface area contributed by atoms with Crippen LogP contribution in [0.1, 0.15) is 32.7 Å². The molecule has 3 rings (SSSR count). The minimum Gasteiger partial charge on any atom is -0.338 e. The van der Waals surface area contributed by atoms with Crippen molar-refractivity contribution in [3.8, 4) is 0 Å². The first-order chi connectivity index (χ1) is 13.0. The van der Waals surface area contributed by atoms with E-state index in [4.69, 9.17) is 0 Å². The van der Waals surface area contributed by atoms with Crippen LogP contribution in [0.4, 0.5) is 10.1 Å². The number of aryl methyl sites for hydroxylation is 1. The molecule has 2 aromatic rings. The summed E-state index contributed by atoms with van der Waals surface area (Å²) in [5, 5.41) is 5.87. The van der Waals surface area contributed by atoms with Gasteiger partial charge in [0.05, 0.1) is 5.56 Å². The van der Waals surface area contributed by atoms with E-state index in [1.54, 1.807) is 24.3 Å². The van der Waals surface area contributed by atoms with Gasteiger partial charge in [0.1, 0.15) is 5.82 Å². The standard InChI is InChI=1S/C21H24FN3O2/c1-14-7-8-16(21(27)25-10-9-15(13-25)12-23-2)11-19(14)24-20(26)17-5-3-4-6-18(17)22/h3-8,11,15,23H,9-10,12-13H2,1-2H3,(H,24,26). The van der Waals surface area contributed by atoms with Gasteiger partial charge in [0.15, 0.2) is 0 Å². The Kier molecular flexibility index (Phi) is 5.86. The van der Waals surface area contributed by atoms with Gasteiger partial charge in [-0.25, -0.2) is 4.39 Å². The molecule has 1 unspecified atom stereocenters. The molecule has 2 N–H and O–H groups in total. The highest BCUT2D eigenvalue weighted by atomic mass is 19.1. The van der Waals surface area contributed by atoms with Gasteiger partial charge in [0.2, 0.25) is 0 Å². The third kappa shape index (κ3) is 4.34. The number of halogens is 1. The molecular formula is C21H24FN3O2. The lowest BCUT2D eigenvalue weighted by Crippen LogP contribution is -2.30. The highest BCUT2D eigenvalue weighted by molar-refractivity contribution is 6.05. The van der Waals surface area contributed by atoms with E-state index in [2.05, 4.69) is 10.6 Å². The molecule has 1 aliphatic rings. The van der Waals surface area contributed by atoms with Crippen LogP contribution in [0, 0.1) is 18.7 Å². The highest BCUT2D eigenvalue weighted by Crippen LogP contribution is 2.22. The summed E-state index contributed by atoms with van der Waals surface area (Å²) >= 11 is 0. The summed E-state index contributed by atoms with van der Waals surface area (Å²) in [6, 6.07) is 11.1. The number of anilines is 1. The molecule has 6 heteroatoms. The van der Waals surface area contributed by atoms with Gasteiger partial charge >= 0.3 is 0 Å². The molecule has 2 amide bonds. The Morgan fingerprint density at radius 2 is 2.00 bits per heavy atom. The van der Waals surface area contributed by atoms with Crippen LogP contribution >= 0.6 is 0 Å². The molecule has 0 aromatic heterocycles. The van der Waals surface area contributed by atoms with E-state index < -0.39 is 11.7 Å². The van der Waals surface area contributed by atoms with Gasteiger partial charge < -0.3 is 15.5 Å². The number of carbonyl (C=O) groups is 2. The number of likely N-dealkylation sites (tertiary alicyclic amines) is 1. The van der Waals surface area contributed by atoms with Crippen LogP contribution in [0.2, 0.25) is 0 Å². The van der Waals surface area contributed by atoms with Crippen molar-refractivity contribution in [3.05, 3.63) is 65.0 Å². The molecule has 1 aliphatic heterocycles. The Morgan fingerprint density at radius 3 is 2.74 bits per heavy atom. The second-order valence-corrected chi connectivity index (χ2v) is 6.93. The van der Waals surface area contributed by atoms with Crippen molar-refractivity contribution in [1.29, 1.82) is 0 Å². The normalized spacial score (nSPS) is 16.4. The molecule has 1 heterocycles. The SMILES string of the molecule is CNCC1CCN(C(=O)c2ccc(C)c(NC(=O)c3ccccc3F)c2)C1. The summed E-state index contributed by atoms with van der Waals surface area (Å²) in [4.78, 5) is 27.0. The quantitative estimate of drug-likeness (QED) is 0.852. The lowest BCUT2D eigenvalue weighted by atomic mass is 10.1. The number of amides is 2. The van der Waals surface area contributed by atoms with E-state index in [9.17, 15) is 14.0 Å². The second-order valence-electron chi connectivity index (χ2n) is 6.93. The minimum atomic E-state index is -0.576. The Bertz CT molecular complexity index is 853. The van der Waals surface area contributed by atoms with Gasteiger partial charge in [-0.15, -0.1) is 0 Å². The fourth-order valence-corrected chi connectivity index (χ4v) is 3.38. The van der Waals surface area contributed by atoms with Crippen molar-refractivity contribution in [2.45, 2.75) is 13.3 Å². The topological polar surface area (TPSA) is 61.4 Å². The number of carbonyl (C=O) groups excluding carboxylic acids is 2. The highest BCUT2D eigenvalue weighted by Gasteiger charge is 2.26. The van der Waals surface area contributed by atoms with Crippen LogP contribution in [0.25, 0.3) is 0 Å². The third-order valence-corrected chi connectivity index (χ3v) is 4.92. The van der Waals surface area contributed by atoms with Gasteiger partial charge in [-0.3, -0.25) is 9.59 Å². The maximum absolute atomic E-state index is 13.8. The zero-order valence-corrected chi connectivity index (χ0v) is 15.6. The first-order valence-electron chi connectivity index (χ1n) is 9.10. The number of hydrogen-bond donors (Lipinski definition) is 2. The number of benzene rings is 2. The molecule has 0 saturated carbocycles. The van der Waals surface area contributed by atoms with Crippen molar-refractivity contribution in [2.24, 2.45) is 5.92 Å². The van der Waals surface area contributed by atoms with E-state index in [1.807, 2.05) is 18.9 Å². The van der Waals surface area contributed by atoms with Crippen LogP contribution in [-0.4, -0.2) is 43.4 Å². The van der Waals surface area contributed by atoms with Gasteiger partial charge in [-0.2, -0.15) is 0 Å². The molecular weight excluding hydrogens is 345 g/mol. The molecule has 0 bridgehead atoms. The number of nitrogens with one attached hydrogen (secondary N) is 2. The molecule has 2 aromatic carbocycles. The Labute approximate surface area is 158 Å². The lowest BCUT2D eigenvalue weighted by molar-refractivity contribution is 0.0787. The van der Waals surface area contributed by atoms with E-state index in [0.29, 0.717) is 17.2 Å². The van der Waals surface area contributed by atoms with Crippen LogP contribution in [-0.2, 0) is 0 Å². The molecule has 0 spiro atoms. The molecule has 1 saturated heterocycles. The monoisotopic (exact) mass is 369 g/mol. The van der Waals surface area contributed by atoms with Crippen LogP contribution in [0.5, 0.6) is 0 Å². The van der Waals surface area contributed by atoms with Crippen LogP contribution in [0.3, 0.4) is 0 Å². The van der Waals surface area contributed by atoms with E-state index >= 15 is 0 Å². The molecule has 27 heavy (non-hydrogen) atoms. The molecule has 1 fully saturated rings. The van der Waals surface area contributed by atoms with Gasteiger partial charge in [0.25, 0.3) is 11.8 Å². The Morgan fingerprint density at radius 1 is 1.22 bits per heavy atom. The summed E-state index contributed by atoms with van der Waals surface area (Å²) in [6.45, 7) is 4.19. The lowest BCUT2D eigenvalue weighted by Gasteiger charge is -2.18. The molecule has 1 atom stereocenters. The fraction of sp³-hybridized carbons (Fsp3) is 0.333. The number of rotatable bonds is 5. The summed E-state index contributed by atoms with van der Waals surface area (Å²) in [7, 11) is 1.91. The average molecular weight is 369 g/mol. The van der Waals surface area contributed by atoms with E-state index in [1.165, 1.54) is 18.2 Å². The fourth-order valence-electron chi connectivity index (χ4n) is 3.38.